The SMILES string of the molecule is Cc1[nH]cnc1CN1CCc2c(c3cccc(F)c3n2C)C1=O.O=C(O)/C=C\C(=O)O. The number of aliphatic carboxylic acids is 2. The van der Waals surface area contributed by atoms with Gasteiger partial charge in [0.05, 0.1) is 29.6 Å². The fraction of sp³-hybridized carbons (Fsp3) is 0.238. The maximum Gasteiger partial charge on any atom is 0.328 e. The number of hydrogen-bond donors (Lipinski definition) is 3. The number of halogens is 1. The topological polar surface area (TPSA) is 129 Å². The van der Waals surface area contributed by atoms with Gasteiger partial charge >= 0.3 is 11.9 Å². The monoisotopic (exact) mass is 428 g/mol. The average molecular weight is 428 g/mol. The van der Waals surface area contributed by atoms with Gasteiger partial charge in [-0.15, -0.1) is 0 Å². The minimum atomic E-state index is -1.26. The molecule has 3 aromatic rings. The Kier molecular flexibility index (Phi) is 6.19. The Morgan fingerprint density at radius 3 is 2.52 bits per heavy atom. The van der Waals surface area contributed by atoms with Gasteiger partial charge in [-0.05, 0) is 13.0 Å². The number of aromatic amines is 1. The van der Waals surface area contributed by atoms with Gasteiger partial charge in [0.1, 0.15) is 5.82 Å². The van der Waals surface area contributed by atoms with Crippen molar-refractivity contribution in [3.63, 3.8) is 0 Å². The molecule has 3 heterocycles. The number of amides is 1. The lowest BCUT2D eigenvalue weighted by atomic mass is 10.0. The van der Waals surface area contributed by atoms with E-state index in [1.54, 1.807) is 17.3 Å². The largest absolute Gasteiger partial charge is 0.478 e. The molecule has 0 bridgehead atoms. The molecule has 0 spiro atoms. The third-order valence-electron chi connectivity index (χ3n) is 5.05. The molecule has 2 aromatic heterocycles. The number of aromatic nitrogens is 3. The highest BCUT2D eigenvalue weighted by atomic mass is 19.1. The van der Waals surface area contributed by atoms with Crippen LogP contribution in [0.15, 0.2) is 36.7 Å². The van der Waals surface area contributed by atoms with E-state index in [2.05, 4.69) is 9.97 Å². The Morgan fingerprint density at radius 1 is 1.26 bits per heavy atom. The number of fused-ring (bicyclic) bond motifs is 3. The van der Waals surface area contributed by atoms with Gasteiger partial charge in [0, 0.05) is 48.9 Å². The molecule has 1 aliphatic heterocycles. The van der Waals surface area contributed by atoms with Crippen LogP contribution in [-0.2, 0) is 29.6 Å². The van der Waals surface area contributed by atoms with Crippen LogP contribution < -0.4 is 0 Å². The minimum absolute atomic E-state index is 0.0511. The number of para-hydroxylation sites is 1. The van der Waals surface area contributed by atoms with E-state index >= 15 is 0 Å². The van der Waals surface area contributed by atoms with Crippen LogP contribution in [0.25, 0.3) is 10.9 Å². The molecule has 31 heavy (non-hydrogen) atoms. The van der Waals surface area contributed by atoms with Crippen LogP contribution in [0.4, 0.5) is 4.39 Å². The van der Waals surface area contributed by atoms with Crippen LogP contribution in [-0.4, -0.2) is 54.0 Å². The van der Waals surface area contributed by atoms with E-state index in [1.165, 1.54) is 6.07 Å². The number of aryl methyl sites for hydroxylation is 2. The zero-order valence-electron chi connectivity index (χ0n) is 16.9. The van der Waals surface area contributed by atoms with Crippen LogP contribution in [0.3, 0.4) is 0 Å². The molecule has 0 saturated carbocycles. The summed E-state index contributed by atoms with van der Waals surface area (Å²) in [6.07, 6.45) is 3.47. The van der Waals surface area contributed by atoms with Crippen molar-refractivity contribution < 1.29 is 29.0 Å². The van der Waals surface area contributed by atoms with Gasteiger partial charge in [-0.2, -0.15) is 0 Å². The van der Waals surface area contributed by atoms with Crippen LogP contribution in [0.1, 0.15) is 27.4 Å². The quantitative estimate of drug-likeness (QED) is 0.547. The summed E-state index contributed by atoms with van der Waals surface area (Å²) in [6.45, 7) is 3.03. The summed E-state index contributed by atoms with van der Waals surface area (Å²) >= 11 is 0. The number of hydrogen-bond acceptors (Lipinski definition) is 4. The first kappa shape index (κ1) is 21.8. The van der Waals surface area contributed by atoms with E-state index < -0.39 is 11.9 Å². The Balaban J connectivity index is 0.000000293. The van der Waals surface area contributed by atoms with Crippen molar-refractivity contribution in [2.75, 3.05) is 6.54 Å². The van der Waals surface area contributed by atoms with Crippen molar-refractivity contribution in [2.45, 2.75) is 19.9 Å². The fourth-order valence-corrected chi connectivity index (χ4v) is 3.57. The maximum absolute atomic E-state index is 14.2. The summed E-state index contributed by atoms with van der Waals surface area (Å²) in [5, 5.41) is 16.3. The first-order valence-electron chi connectivity index (χ1n) is 9.38. The molecule has 162 valence electrons. The van der Waals surface area contributed by atoms with Crippen molar-refractivity contribution in [2.24, 2.45) is 7.05 Å². The molecule has 0 fully saturated rings. The van der Waals surface area contributed by atoms with Crippen molar-refractivity contribution in [3.05, 3.63) is 65.1 Å². The number of benzene rings is 1. The normalized spacial score (nSPS) is 13.3. The molecule has 0 saturated heterocycles. The lowest BCUT2D eigenvalue weighted by Crippen LogP contribution is -2.37. The molecular weight excluding hydrogens is 407 g/mol. The first-order valence-corrected chi connectivity index (χ1v) is 9.38. The van der Waals surface area contributed by atoms with E-state index in [0.29, 0.717) is 41.7 Å². The predicted molar refractivity (Wildman–Crippen MR) is 109 cm³/mol. The third-order valence-corrected chi connectivity index (χ3v) is 5.05. The summed E-state index contributed by atoms with van der Waals surface area (Å²) in [5.74, 6) is -2.86. The van der Waals surface area contributed by atoms with Crippen LogP contribution in [0.2, 0.25) is 0 Å². The van der Waals surface area contributed by atoms with E-state index in [4.69, 9.17) is 10.2 Å². The summed E-state index contributed by atoms with van der Waals surface area (Å²) < 4.78 is 16.0. The lowest BCUT2D eigenvalue weighted by molar-refractivity contribution is -0.134. The van der Waals surface area contributed by atoms with Gasteiger partial charge < -0.3 is 24.7 Å². The lowest BCUT2D eigenvalue weighted by Gasteiger charge is -2.27. The predicted octanol–water partition coefficient (Wildman–Crippen LogP) is 2.26. The highest BCUT2D eigenvalue weighted by Gasteiger charge is 2.31. The Hall–Kier alpha value is -3.95. The summed E-state index contributed by atoms with van der Waals surface area (Å²) in [7, 11) is 1.82. The van der Waals surface area contributed by atoms with Gasteiger partial charge in [0.25, 0.3) is 5.91 Å². The van der Waals surface area contributed by atoms with Crippen LogP contribution in [0.5, 0.6) is 0 Å². The average Bonchev–Trinajstić information content (AvgIpc) is 3.25. The zero-order valence-corrected chi connectivity index (χ0v) is 16.9. The number of nitrogens with zero attached hydrogens (tertiary/aromatic N) is 3. The molecule has 0 unspecified atom stereocenters. The molecule has 0 radical (unpaired) electrons. The van der Waals surface area contributed by atoms with E-state index in [1.807, 2.05) is 24.6 Å². The number of rotatable bonds is 4. The van der Waals surface area contributed by atoms with Gasteiger partial charge in [-0.3, -0.25) is 4.79 Å². The van der Waals surface area contributed by atoms with E-state index in [9.17, 15) is 18.8 Å². The number of carboxylic acids is 2. The Morgan fingerprint density at radius 2 is 1.94 bits per heavy atom. The summed E-state index contributed by atoms with van der Waals surface area (Å²) in [6, 6.07) is 4.91. The van der Waals surface area contributed by atoms with Crippen molar-refractivity contribution >= 4 is 28.7 Å². The minimum Gasteiger partial charge on any atom is -0.478 e. The standard InChI is InChI=1S/C17H17FN4O.C4H4O4/c1-10-13(20-9-19-10)8-22-7-6-14-15(17(22)23)11-4-3-5-12(18)16(11)21(14)2;5-3(6)1-2-4(7)8/h3-5,9H,6-8H2,1-2H3,(H,19,20);1-2H,(H,5,6)(H,7,8)/b;2-1-. The molecule has 0 aliphatic carbocycles. The molecule has 0 atom stereocenters. The molecule has 1 aromatic carbocycles. The molecule has 1 aliphatic rings. The van der Waals surface area contributed by atoms with Gasteiger partial charge in [-0.25, -0.2) is 19.0 Å². The number of H-pyrrole nitrogens is 1. The molecule has 3 N–H and O–H groups in total. The van der Waals surface area contributed by atoms with Crippen molar-refractivity contribution in [1.29, 1.82) is 0 Å². The zero-order chi connectivity index (χ0) is 22.7. The molecule has 1 amide bonds. The number of imidazole rings is 1. The van der Waals surface area contributed by atoms with E-state index in [-0.39, 0.29) is 11.7 Å². The maximum atomic E-state index is 14.2. The first-order chi connectivity index (χ1) is 14.7. The number of nitrogens with one attached hydrogen (secondary N) is 1. The van der Waals surface area contributed by atoms with E-state index in [0.717, 1.165) is 23.5 Å². The molecule has 10 heteroatoms. The Labute approximate surface area is 176 Å². The van der Waals surface area contributed by atoms with Crippen molar-refractivity contribution in [3.8, 4) is 0 Å². The third kappa shape index (κ3) is 4.47. The van der Waals surface area contributed by atoms with Crippen LogP contribution in [0, 0.1) is 12.7 Å². The second-order valence-electron chi connectivity index (χ2n) is 6.98. The van der Waals surface area contributed by atoms with Crippen molar-refractivity contribution in [1.82, 2.24) is 19.4 Å². The molecule has 4 rings (SSSR count). The smallest absolute Gasteiger partial charge is 0.328 e. The molecule has 9 nitrogen and oxygen atoms in total. The second-order valence-corrected chi connectivity index (χ2v) is 6.98. The summed E-state index contributed by atoms with van der Waals surface area (Å²) in [5.41, 5.74) is 3.87. The van der Waals surface area contributed by atoms with Gasteiger partial charge in [0.2, 0.25) is 0 Å². The second kappa shape index (κ2) is 8.82. The highest BCUT2D eigenvalue weighted by Crippen LogP contribution is 2.32. The number of carboxylic acid groups (broad SMARTS) is 2. The highest BCUT2D eigenvalue weighted by molar-refractivity contribution is 6.09. The fourth-order valence-electron chi connectivity index (χ4n) is 3.57. The summed E-state index contributed by atoms with van der Waals surface area (Å²) in [4.78, 5) is 41.1. The number of carbonyl (C=O) groups is 3. The number of carbonyl (C=O) groups excluding carboxylic acids is 1. The molecular formula is C21H21FN4O5. The van der Waals surface area contributed by atoms with Gasteiger partial charge in [-0.1, -0.05) is 12.1 Å². The van der Waals surface area contributed by atoms with Gasteiger partial charge in [0.15, 0.2) is 0 Å². The van der Waals surface area contributed by atoms with Crippen LogP contribution >= 0.6 is 0 Å². The Bertz CT molecular complexity index is 1180.